The van der Waals surface area contributed by atoms with Crippen LogP contribution in [-0.4, -0.2) is 11.1 Å². The predicted molar refractivity (Wildman–Crippen MR) is 43.0 cm³/mol. The fourth-order valence-corrected chi connectivity index (χ4v) is 1.15. The molecule has 1 aromatic heterocycles. The quantitative estimate of drug-likeness (QED) is 0.739. The third-order valence-electron chi connectivity index (χ3n) is 1.78. The normalized spacial score (nSPS) is 12.0. The van der Waals surface area contributed by atoms with Crippen molar-refractivity contribution >= 4 is 0 Å². The molecule has 68 valence electrons. The van der Waals surface area contributed by atoms with Gasteiger partial charge in [-0.05, 0) is 18.7 Å². The number of aromatic nitrogens is 1. The molecule has 0 saturated carbocycles. The Morgan fingerprint density at radius 2 is 2.25 bits per heavy atom. The van der Waals surface area contributed by atoms with Crippen LogP contribution in [0.1, 0.15) is 12.1 Å². The Labute approximate surface area is 70.0 Å². The Morgan fingerprint density at radius 3 is 2.67 bits per heavy atom. The number of alkyl halides is 2. The molecule has 0 spiro atoms. The lowest BCUT2D eigenvalue weighted by Gasteiger charge is -2.15. The van der Waals surface area contributed by atoms with E-state index in [1.807, 2.05) is 0 Å². The van der Waals surface area contributed by atoms with E-state index in [0.29, 0.717) is 0 Å². The summed E-state index contributed by atoms with van der Waals surface area (Å²) in [6.07, 6.45) is 1.30. The second-order valence-electron chi connectivity index (χ2n) is 2.75. The molecular formula is C8H12F2N2. The van der Waals surface area contributed by atoms with Crippen LogP contribution in [0.25, 0.3) is 0 Å². The monoisotopic (exact) mass is 174 g/mol. The minimum atomic E-state index is -2.80. The number of halogens is 2. The summed E-state index contributed by atoms with van der Waals surface area (Å²) in [4.78, 5) is 0. The zero-order valence-electron chi connectivity index (χ0n) is 6.93. The zero-order valence-corrected chi connectivity index (χ0v) is 6.93. The zero-order chi connectivity index (χ0) is 9.19. The standard InChI is InChI=1S/C8H12F2N2/c1-12-6-2-3-7(12)8(9,10)4-5-11/h2-3,6H,4-5,11H2,1H3. The lowest BCUT2D eigenvalue weighted by molar-refractivity contribution is -0.0177. The summed E-state index contributed by atoms with van der Waals surface area (Å²) >= 11 is 0. The van der Waals surface area contributed by atoms with Gasteiger partial charge < -0.3 is 10.3 Å². The van der Waals surface area contributed by atoms with Crippen molar-refractivity contribution in [1.82, 2.24) is 4.57 Å². The summed E-state index contributed by atoms with van der Waals surface area (Å²) in [6.45, 7) is -0.00181. The molecule has 4 heteroatoms. The van der Waals surface area contributed by atoms with Crippen LogP contribution in [0.15, 0.2) is 18.3 Å². The van der Waals surface area contributed by atoms with Crippen molar-refractivity contribution in [2.75, 3.05) is 6.54 Å². The molecule has 0 aliphatic carbocycles. The Bertz CT molecular complexity index is 255. The van der Waals surface area contributed by atoms with Crippen LogP contribution in [0, 0.1) is 0 Å². The van der Waals surface area contributed by atoms with Crippen molar-refractivity contribution in [1.29, 1.82) is 0 Å². The molecule has 0 aliphatic heterocycles. The molecule has 2 nitrogen and oxygen atoms in total. The van der Waals surface area contributed by atoms with Crippen LogP contribution < -0.4 is 5.73 Å². The van der Waals surface area contributed by atoms with Crippen LogP contribution in [-0.2, 0) is 13.0 Å². The summed E-state index contributed by atoms with van der Waals surface area (Å²) in [5, 5.41) is 0. The minimum Gasteiger partial charge on any atom is -0.349 e. The first-order valence-corrected chi connectivity index (χ1v) is 3.77. The summed E-state index contributed by atoms with van der Waals surface area (Å²) in [7, 11) is 1.60. The molecule has 0 atom stereocenters. The van der Waals surface area contributed by atoms with Crippen molar-refractivity contribution in [3.63, 3.8) is 0 Å². The molecule has 0 aromatic carbocycles. The first-order chi connectivity index (χ1) is 5.58. The van der Waals surface area contributed by atoms with E-state index >= 15 is 0 Å². The maximum atomic E-state index is 13.1. The van der Waals surface area contributed by atoms with E-state index in [4.69, 9.17) is 5.73 Å². The van der Waals surface area contributed by atoms with Gasteiger partial charge in [0.05, 0.1) is 5.69 Å². The molecule has 2 N–H and O–H groups in total. The third-order valence-corrected chi connectivity index (χ3v) is 1.78. The van der Waals surface area contributed by atoms with Gasteiger partial charge in [-0.25, -0.2) is 0 Å². The molecule has 1 rings (SSSR count). The lowest BCUT2D eigenvalue weighted by atomic mass is 10.2. The van der Waals surface area contributed by atoms with Gasteiger partial charge in [0.2, 0.25) is 0 Å². The third kappa shape index (κ3) is 1.64. The van der Waals surface area contributed by atoms with Crippen molar-refractivity contribution in [2.24, 2.45) is 12.8 Å². The van der Waals surface area contributed by atoms with Crippen molar-refractivity contribution in [3.8, 4) is 0 Å². The SMILES string of the molecule is Cn1cccc1C(F)(F)CCN. The Hall–Kier alpha value is -0.900. The van der Waals surface area contributed by atoms with Crippen LogP contribution >= 0.6 is 0 Å². The Morgan fingerprint density at radius 1 is 1.58 bits per heavy atom. The summed E-state index contributed by atoms with van der Waals surface area (Å²) < 4.78 is 27.7. The maximum Gasteiger partial charge on any atom is 0.288 e. The van der Waals surface area contributed by atoms with Crippen molar-refractivity contribution < 1.29 is 8.78 Å². The summed E-state index contributed by atoms with van der Waals surface area (Å²) in [6, 6.07) is 3.01. The van der Waals surface area contributed by atoms with Gasteiger partial charge >= 0.3 is 0 Å². The van der Waals surface area contributed by atoms with Gasteiger partial charge in [-0.3, -0.25) is 0 Å². The average molecular weight is 174 g/mol. The number of aryl methyl sites for hydroxylation is 1. The summed E-state index contributed by atoms with van der Waals surface area (Å²) in [5.41, 5.74) is 5.10. The van der Waals surface area contributed by atoms with Gasteiger partial charge in [-0.1, -0.05) is 0 Å². The molecule has 0 aliphatic rings. The fraction of sp³-hybridized carbons (Fsp3) is 0.500. The predicted octanol–water partition coefficient (Wildman–Crippen LogP) is 1.47. The molecule has 12 heavy (non-hydrogen) atoms. The molecule has 0 fully saturated rings. The highest BCUT2D eigenvalue weighted by Crippen LogP contribution is 2.30. The van der Waals surface area contributed by atoms with Crippen LogP contribution in [0.3, 0.4) is 0 Å². The number of nitrogens with zero attached hydrogens (tertiary/aromatic N) is 1. The number of hydrogen-bond acceptors (Lipinski definition) is 1. The molecule has 0 radical (unpaired) electrons. The largest absolute Gasteiger partial charge is 0.349 e. The van der Waals surface area contributed by atoms with E-state index in [2.05, 4.69) is 0 Å². The highest BCUT2D eigenvalue weighted by molar-refractivity contribution is 5.12. The molecule has 0 bridgehead atoms. The highest BCUT2D eigenvalue weighted by atomic mass is 19.3. The van der Waals surface area contributed by atoms with E-state index in [0.717, 1.165) is 0 Å². The van der Waals surface area contributed by atoms with Gasteiger partial charge in [0, 0.05) is 19.7 Å². The molecule has 1 aromatic rings. The van der Waals surface area contributed by atoms with Crippen molar-refractivity contribution in [2.45, 2.75) is 12.3 Å². The second-order valence-corrected chi connectivity index (χ2v) is 2.75. The molecule has 0 saturated heterocycles. The first-order valence-electron chi connectivity index (χ1n) is 3.77. The Balaban J connectivity index is 2.88. The second kappa shape index (κ2) is 3.23. The van der Waals surface area contributed by atoms with Crippen LogP contribution in [0.2, 0.25) is 0 Å². The van der Waals surface area contributed by atoms with Gasteiger partial charge in [0.1, 0.15) is 0 Å². The Kier molecular flexibility index (Phi) is 2.47. The van der Waals surface area contributed by atoms with Crippen molar-refractivity contribution in [3.05, 3.63) is 24.0 Å². The van der Waals surface area contributed by atoms with Gasteiger partial charge in [-0.15, -0.1) is 0 Å². The number of nitrogens with two attached hydrogens (primary N) is 1. The summed E-state index contributed by atoms with van der Waals surface area (Å²) in [5.74, 6) is -2.80. The first kappa shape index (κ1) is 9.19. The van der Waals surface area contributed by atoms with Gasteiger partial charge in [-0.2, -0.15) is 8.78 Å². The van der Waals surface area contributed by atoms with E-state index in [9.17, 15) is 8.78 Å². The smallest absolute Gasteiger partial charge is 0.288 e. The average Bonchev–Trinajstić information content (AvgIpc) is 2.35. The fourth-order valence-electron chi connectivity index (χ4n) is 1.15. The van der Waals surface area contributed by atoms with Gasteiger partial charge in [0.25, 0.3) is 5.92 Å². The minimum absolute atomic E-state index is 0.00181. The van der Waals surface area contributed by atoms with Crippen LogP contribution in [0.4, 0.5) is 8.78 Å². The van der Waals surface area contributed by atoms with E-state index in [1.165, 1.54) is 10.6 Å². The van der Waals surface area contributed by atoms with E-state index in [-0.39, 0.29) is 18.7 Å². The number of rotatable bonds is 3. The molecular weight excluding hydrogens is 162 g/mol. The molecule has 1 heterocycles. The number of hydrogen-bond donors (Lipinski definition) is 1. The van der Waals surface area contributed by atoms with E-state index in [1.54, 1.807) is 19.3 Å². The van der Waals surface area contributed by atoms with Crippen LogP contribution in [0.5, 0.6) is 0 Å². The lowest BCUT2D eigenvalue weighted by Crippen LogP contribution is -2.21. The van der Waals surface area contributed by atoms with E-state index < -0.39 is 5.92 Å². The highest BCUT2D eigenvalue weighted by Gasteiger charge is 2.32. The molecule has 0 amide bonds. The van der Waals surface area contributed by atoms with Gasteiger partial charge in [0.15, 0.2) is 0 Å². The topological polar surface area (TPSA) is 30.9 Å². The maximum absolute atomic E-state index is 13.1. The molecule has 0 unspecified atom stereocenters.